The van der Waals surface area contributed by atoms with Gasteiger partial charge in [-0.05, 0) is 42.9 Å². The molecule has 1 fully saturated rings. The summed E-state index contributed by atoms with van der Waals surface area (Å²) in [4.78, 5) is 0. The molecule has 2 rings (SSSR count). The van der Waals surface area contributed by atoms with Crippen LogP contribution in [0.4, 0.5) is 8.78 Å². The first-order chi connectivity index (χ1) is 8.44. The maximum atomic E-state index is 13.0. The molecule has 0 saturated heterocycles. The van der Waals surface area contributed by atoms with Crippen LogP contribution in [0.25, 0.3) is 0 Å². The lowest BCUT2D eigenvalue weighted by Gasteiger charge is -2.16. The first kappa shape index (κ1) is 13.8. The Balaban J connectivity index is 1.84. The van der Waals surface area contributed by atoms with Crippen LogP contribution in [0.3, 0.4) is 0 Å². The molecule has 1 aromatic rings. The van der Waals surface area contributed by atoms with Gasteiger partial charge in [0.25, 0.3) is 0 Å². The van der Waals surface area contributed by atoms with Crippen molar-refractivity contribution >= 4 is 11.6 Å². The Labute approximate surface area is 111 Å². The van der Waals surface area contributed by atoms with Crippen molar-refractivity contribution in [1.29, 1.82) is 0 Å². The molecule has 2 atom stereocenters. The van der Waals surface area contributed by atoms with Crippen LogP contribution in [-0.2, 0) is 6.42 Å². The number of hydrogen-bond donors (Lipinski definition) is 1. The number of benzene rings is 1. The lowest BCUT2D eigenvalue weighted by atomic mass is 9.96. The quantitative estimate of drug-likeness (QED) is 0.877. The minimum Gasteiger partial charge on any atom is -0.393 e. The van der Waals surface area contributed by atoms with Crippen molar-refractivity contribution in [1.82, 2.24) is 0 Å². The molecule has 1 saturated carbocycles. The van der Waals surface area contributed by atoms with E-state index in [0.29, 0.717) is 24.3 Å². The van der Waals surface area contributed by atoms with E-state index >= 15 is 0 Å². The number of hydrogen-bond acceptors (Lipinski definition) is 1. The summed E-state index contributed by atoms with van der Waals surface area (Å²) in [7, 11) is 0. The third kappa shape index (κ3) is 3.92. The zero-order valence-corrected chi connectivity index (χ0v) is 10.8. The molecule has 2 unspecified atom stereocenters. The molecule has 4 heteroatoms. The molecule has 0 radical (unpaired) electrons. The van der Waals surface area contributed by atoms with Crippen molar-refractivity contribution in [3.8, 4) is 0 Å². The monoisotopic (exact) mass is 274 g/mol. The Hall–Kier alpha value is -0.670. The Bertz CT molecular complexity index is 409. The molecule has 1 N–H and O–H groups in total. The number of alkyl halides is 2. The van der Waals surface area contributed by atoms with E-state index in [1.54, 1.807) is 12.1 Å². The van der Waals surface area contributed by atoms with Crippen molar-refractivity contribution < 1.29 is 13.9 Å². The average Bonchev–Trinajstić information content (AvgIpc) is 2.57. The molecular weight excluding hydrogens is 258 g/mol. The summed E-state index contributed by atoms with van der Waals surface area (Å²) in [5, 5.41) is 10.6. The molecule has 0 aliphatic heterocycles. The number of aliphatic hydroxyl groups excluding tert-OH is 1. The Morgan fingerprint density at radius 3 is 2.83 bits per heavy atom. The summed E-state index contributed by atoms with van der Waals surface area (Å²) in [5.74, 6) is -2.59. The Morgan fingerprint density at radius 1 is 1.44 bits per heavy atom. The zero-order chi connectivity index (χ0) is 13.2. The van der Waals surface area contributed by atoms with Crippen molar-refractivity contribution in [2.24, 2.45) is 5.92 Å². The first-order valence-electron chi connectivity index (χ1n) is 6.25. The summed E-state index contributed by atoms with van der Waals surface area (Å²) in [6.07, 6.45) is 0.744. The minimum absolute atomic E-state index is 0.0401. The van der Waals surface area contributed by atoms with Gasteiger partial charge in [0, 0.05) is 17.9 Å². The van der Waals surface area contributed by atoms with E-state index < -0.39 is 12.0 Å². The second kappa shape index (κ2) is 5.54. The van der Waals surface area contributed by atoms with Gasteiger partial charge < -0.3 is 5.11 Å². The highest BCUT2D eigenvalue weighted by Crippen LogP contribution is 2.40. The number of aliphatic hydroxyl groups is 1. The van der Waals surface area contributed by atoms with Gasteiger partial charge in [0.05, 0.1) is 6.10 Å². The molecule has 18 heavy (non-hydrogen) atoms. The van der Waals surface area contributed by atoms with Crippen molar-refractivity contribution in [2.45, 2.75) is 44.1 Å². The summed E-state index contributed by atoms with van der Waals surface area (Å²) >= 11 is 5.86. The van der Waals surface area contributed by atoms with Gasteiger partial charge in [-0.1, -0.05) is 23.7 Å². The summed E-state index contributed by atoms with van der Waals surface area (Å²) in [5.41, 5.74) is 0.944. The zero-order valence-electron chi connectivity index (χ0n) is 10.1. The fourth-order valence-corrected chi connectivity index (χ4v) is 2.86. The standard InChI is InChI=1S/C14H17ClF2O/c15-12-3-1-2-10(6-12)7-13(18)8-11-4-5-14(16,17)9-11/h1-3,6,11,13,18H,4-5,7-9H2. The third-order valence-corrected chi connectivity index (χ3v) is 3.71. The van der Waals surface area contributed by atoms with E-state index in [0.717, 1.165) is 5.56 Å². The summed E-state index contributed by atoms with van der Waals surface area (Å²) in [6, 6.07) is 7.29. The predicted molar refractivity (Wildman–Crippen MR) is 68.1 cm³/mol. The van der Waals surface area contributed by atoms with Gasteiger partial charge in [-0.25, -0.2) is 8.78 Å². The van der Waals surface area contributed by atoms with Crippen LogP contribution in [0.15, 0.2) is 24.3 Å². The van der Waals surface area contributed by atoms with Crippen LogP contribution >= 0.6 is 11.6 Å². The van der Waals surface area contributed by atoms with E-state index in [9.17, 15) is 13.9 Å². The molecule has 0 bridgehead atoms. The van der Waals surface area contributed by atoms with E-state index in [1.807, 2.05) is 12.1 Å². The average molecular weight is 275 g/mol. The summed E-state index contributed by atoms with van der Waals surface area (Å²) in [6.45, 7) is 0. The lowest BCUT2D eigenvalue weighted by Crippen LogP contribution is -2.16. The van der Waals surface area contributed by atoms with Crippen molar-refractivity contribution in [2.75, 3.05) is 0 Å². The molecular formula is C14H17ClF2O. The third-order valence-electron chi connectivity index (χ3n) is 3.47. The molecule has 0 spiro atoms. The van der Waals surface area contributed by atoms with Gasteiger partial charge in [-0.3, -0.25) is 0 Å². The van der Waals surface area contributed by atoms with Gasteiger partial charge in [-0.15, -0.1) is 0 Å². The lowest BCUT2D eigenvalue weighted by molar-refractivity contribution is 0.00264. The molecule has 1 aromatic carbocycles. The SMILES string of the molecule is OC(Cc1cccc(Cl)c1)CC1CCC(F)(F)C1. The molecule has 0 heterocycles. The largest absolute Gasteiger partial charge is 0.393 e. The first-order valence-corrected chi connectivity index (χ1v) is 6.63. The molecule has 0 amide bonds. The molecule has 0 aromatic heterocycles. The topological polar surface area (TPSA) is 20.2 Å². The highest BCUT2D eigenvalue weighted by atomic mass is 35.5. The molecule has 1 aliphatic rings. The second-order valence-corrected chi connectivity index (χ2v) is 5.62. The van der Waals surface area contributed by atoms with Crippen LogP contribution in [0.5, 0.6) is 0 Å². The number of halogens is 3. The highest BCUT2D eigenvalue weighted by molar-refractivity contribution is 6.30. The van der Waals surface area contributed by atoms with Crippen LogP contribution < -0.4 is 0 Å². The van der Waals surface area contributed by atoms with Gasteiger partial charge in [0.1, 0.15) is 0 Å². The fraction of sp³-hybridized carbons (Fsp3) is 0.571. The van der Waals surface area contributed by atoms with Gasteiger partial charge in [0.2, 0.25) is 5.92 Å². The van der Waals surface area contributed by atoms with E-state index in [-0.39, 0.29) is 18.8 Å². The maximum absolute atomic E-state index is 13.0. The Kier molecular flexibility index (Phi) is 4.23. The maximum Gasteiger partial charge on any atom is 0.248 e. The van der Waals surface area contributed by atoms with Crippen LogP contribution in [0, 0.1) is 5.92 Å². The Morgan fingerprint density at radius 2 is 2.22 bits per heavy atom. The van der Waals surface area contributed by atoms with Crippen molar-refractivity contribution in [3.63, 3.8) is 0 Å². The van der Waals surface area contributed by atoms with Gasteiger partial charge in [0.15, 0.2) is 0 Å². The van der Waals surface area contributed by atoms with Crippen molar-refractivity contribution in [3.05, 3.63) is 34.9 Å². The smallest absolute Gasteiger partial charge is 0.248 e. The molecule has 1 aliphatic carbocycles. The second-order valence-electron chi connectivity index (χ2n) is 5.19. The summed E-state index contributed by atoms with van der Waals surface area (Å²) < 4.78 is 26.1. The van der Waals surface area contributed by atoms with Gasteiger partial charge in [-0.2, -0.15) is 0 Å². The molecule has 100 valence electrons. The highest BCUT2D eigenvalue weighted by Gasteiger charge is 2.39. The molecule has 1 nitrogen and oxygen atoms in total. The fourth-order valence-electron chi connectivity index (χ4n) is 2.65. The predicted octanol–water partition coefficient (Wildman–Crippen LogP) is 4.07. The normalized spacial score (nSPS) is 24.1. The van der Waals surface area contributed by atoms with Crippen LogP contribution in [-0.4, -0.2) is 17.1 Å². The van der Waals surface area contributed by atoms with Crippen LogP contribution in [0.2, 0.25) is 5.02 Å². The number of rotatable bonds is 4. The van der Waals surface area contributed by atoms with E-state index in [1.165, 1.54) is 0 Å². The van der Waals surface area contributed by atoms with Gasteiger partial charge >= 0.3 is 0 Å². The van der Waals surface area contributed by atoms with E-state index in [4.69, 9.17) is 11.6 Å². The van der Waals surface area contributed by atoms with E-state index in [2.05, 4.69) is 0 Å². The minimum atomic E-state index is -2.53. The van der Waals surface area contributed by atoms with Crippen LogP contribution in [0.1, 0.15) is 31.2 Å².